The second kappa shape index (κ2) is 9.15. The van der Waals surface area contributed by atoms with Gasteiger partial charge in [0.1, 0.15) is 0 Å². The molecular formula is C28H34N4. The first-order valence-corrected chi connectivity index (χ1v) is 12.0. The van der Waals surface area contributed by atoms with Gasteiger partial charge in [-0.25, -0.2) is 0 Å². The van der Waals surface area contributed by atoms with E-state index in [1.54, 1.807) is 0 Å². The zero-order valence-corrected chi connectivity index (χ0v) is 19.0. The van der Waals surface area contributed by atoms with E-state index in [0.717, 1.165) is 31.0 Å². The SMILES string of the molecule is CNc1ccc(C2CCCN2c2ccc(N3CCC(c4ccccc4)CC3)cc2)cc1N. The second-order valence-electron chi connectivity index (χ2n) is 9.14. The minimum atomic E-state index is 0.399. The lowest BCUT2D eigenvalue weighted by Gasteiger charge is -2.34. The van der Waals surface area contributed by atoms with Crippen molar-refractivity contribution >= 4 is 22.7 Å². The van der Waals surface area contributed by atoms with Crippen LogP contribution in [0.3, 0.4) is 0 Å². The number of anilines is 4. The summed E-state index contributed by atoms with van der Waals surface area (Å²) in [5.74, 6) is 0.693. The Morgan fingerprint density at radius 1 is 0.781 bits per heavy atom. The van der Waals surface area contributed by atoms with Crippen molar-refractivity contribution in [3.63, 3.8) is 0 Å². The molecule has 32 heavy (non-hydrogen) atoms. The van der Waals surface area contributed by atoms with Crippen molar-refractivity contribution in [1.82, 2.24) is 0 Å². The first-order chi connectivity index (χ1) is 15.7. The topological polar surface area (TPSA) is 44.5 Å². The van der Waals surface area contributed by atoms with Gasteiger partial charge in [-0.1, -0.05) is 36.4 Å². The molecule has 2 aliphatic heterocycles. The fourth-order valence-corrected chi connectivity index (χ4v) is 5.49. The number of hydrogen-bond donors (Lipinski definition) is 2. The third-order valence-electron chi connectivity index (χ3n) is 7.29. The Labute approximate surface area is 192 Å². The van der Waals surface area contributed by atoms with Gasteiger partial charge in [0.15, 0.2) is 0 Å². The molecule has 0 amide bonds. The van der Waals surface area contributed by atoms with Gasteiger partial charge in [-0.15, -0.1) is 0 Å². The molecule has 1 unspecified atom stereocenters. The molecule has 2 fully saturated rings. The van der Waals surface area contributed by atoms with Gasteiger partial charge in [0.05, 0.1) is 17.4 Å². The smallest absolute Gasteiger partial charge is 0.0571 e. The zero-order chi connectivity index (χ0) is 21.9. The summed E-state index contributed by atoms with van der Waals surface area (Å²) in [5.41, 5.74) is 13.5. The van der Waals surface area contributed by atoms with Crippen LogP contribution in [0.2, 0.25) is 0 Å². The Morgan fingerprint density at radius 2 is 1.50 bits per heavy atom. The summed E-state index contributed by atoms with van der Waals surface area (Å²) in [7, 11) is 1.92. The number of piperidine rings is 1. The van der Waals surface area contributed by atoms with Crippen LogP contribution in [-0.2, 0) is 0 Å². The maximum Gasteiger partial charge on any atom is 0.0571 e. The number of nitrogen functional groups attached to an aromatic ring is 1. The number of nitrogens with zero attached hydrogens (tertiary/aromatic N) is 2. The Balaban J connectivity index is 1.26. The van der Waals surface area contributed by atoms with Crippen molar-refractivity contribution in [1.29, 1.82) is 0 Å². The highest BCUT2D eigenvalue weighted by Crippen LogP contribution is 2.38. The lowest BCUT2D eigenvalue weighted by Crippen LogP contribution is -2.32. The third-order valence-corrected chi connectivity index (χ3v) is 7.29. The average molecular weight is 427 g/mol. The van der Waals surface area contributed by atoms with Gasteiger partial charge < -0.3 is 20.9 Å². The van der Waals surface area contributed by atoms with Crippen molar-refractivity contribution in [3.8, 4) is 0 Å². The van der Waals surface area contributed by atoms with Crippen LogP contribution in [0.4, 0.5) is 22.7 Å². The molecule has 2 saturated heterocycles. The molecule has 2 aliphatic rings. The van der Waals surface area contributed by atoms with Gasteiger partial charge in [-0.05, 0) is 79.1 Å². The molecule has 4 nitrogen and oxygen atoms in total. The summed E-state index contributed by atoms with van der Waals surface area (Å²) >= 11 is 0. The van der Waals surface area contributed by atoms with Gasteiger partial charge >= 0.3 is 0 Å². The number of benzene rings is 3. The zero-order valence-electron chi connectivity index (χ0n) is 19.0. The summed E-state index contributed by atoms with van der Waals surface area (Å²) < 4.78 is 0. The van der Waals surface area contributed by atoms with Crippen molar-refractivity contribution < 1.29 is 0 Å². The molecule has 3 N–H and O–H groups in total. The summed E-state index contributed by atoms with van der Waals surface area (Å²) in [6, 6.07) is 27.1. The molecule has 3 aromatic rings. The highest BCUT2D eigenvalue weighted by Gasteiger charge is 2.27. The van der Waals surface area contributed by atoms with Gasteiger partial charge in [0.2, 0.25) is 0 Å². The molecule has 0 saturated carbocycles. The summed E-state index contributed by atoms with van der Waals surface area (Å²) in [6.07, 6.45) is 4.84. The Morgan fingerprint density at radius 3 is 2.19 bits per heavy atom. The maximum atomic E-state index is 6.25. The Bertz CT molecular complexity index is 1020. The average Bonchev–Trinajstić information content (AvgIpc) is 3.35. The molecule has 1 atom stereocenters. The lowest BCUT2D eigenvalue weighted by atomic mass is 9.89. The monoisotopic (exact) mass is 426 g/mol. The van der Waals surface area contributed by atoms with Gasteiger partial charge in [0, 0.05) is 38.1 Å². The summed E-state index contributed by atoms with van der Waals surface area (Å²) in [6.45, 7) is 3.35. The molecule has 3 aromatic carbocycles. The van der Waals surface area contributed by atoms with Crippen LogP contribution in [0.5, 0.6) is 0 Å². The normalized spacial score (nSPS) is 19.3. The van der Waals surface area contributed by atoms with Crippen LogP contribution in [0.25, 0.3) is 0 Å². The van der Waals surface area contributed by atoms with Crippen molar-refractivity contribution in [2.24, 2.45) is 0 Å². The Hall–Kier alpha value is -3.14. The summed E-state index contributed by atoms with van der Waals surface area (Å²) in [5, 5.41) is 3.16. The molecule has 0 aromatic heterocycles. The van der Waals surface area contributed by atoms with E-state index in [-0.39, 0.29) is 0 Å². The molecule has 0 aliphatic carbocycles. The first kappa shape index (κ1) is 20.7. The quantitative estimate of drug-likeness (QED) is 0.489. The van der Waals surface area contributed by atoms with Crippen LogP contribution in [-0.4, -0.2) is 26.7 Å². The van der Waals surface area contributed by atoms with E-state index in [9.17, 15) is 0 Å². The highest BCUT2D eigenvalue weighted by atomic mass is 15.2. The molecule has 0 radical (unpaired) electrons. The minimum Gasteiger partial charge on any atom is -0.397 e. The van der Waals surface area contributed by atoms with E-state index in [1.165, 1.54) is 48.2 Å². The number of rotatable bonds is 5. The highest BCUT2D eigenvalue weighted by molar-refractivity contribution is 5.67. The van der Waals surface area contributed by atoms with Gasteiger partial charge in [0.25, 0.3) is 0 Å². The third kappa shape index (κ3) is 4.14. The predicted molar refractivity (Wildman–Crippen MR) is 137 cm³/mol. The van der Waals surface area contributed by atoms with E-state index < -0.39 is 0 Å². The maximum absolute atomic E-state index is 6.25. The molecule has 4 heteroatoms. The number of nitrogens with two attached hydrogens (primary N) is 1. The molecule has 0 bridgehead atoms. The van der Waals surface area contributed by atoms with Gasteiger partial charge in [-0.2, -0.15) is 0 Å². The standard InChI is InChI=1S/C28H34N4/c1-30-27-14-9-23(20-26(27)29)28-8-5-17-32(28)25-12-10-24(11-13-25)31-18-15-22(16-19-31)21-6-3-2-4-7-21/h2-4,6-7,9-14,20,22,28,30H,5,8,15-19,29H2,1H3. The van der Waals surface area contributed by atoms with Crippen LogP contribution in [0, 0.1) is 0 Å². The number of nitrogens with one attached hydrogen (secondary N) is 1. The fourth-order valence-electron chi connectivity index (χ4n) is 5.49. The minimum absolute atomic E-state index is 0.399. The second-order valence-corrected chi connectivity index (χ2v) is 9.14. The van der Waals surface area contributed by atoms with Crippen LogP contribution in [0.15, 0.2) is 72.8 Å². The molecule has 2 heterocycles. The van der Waals surface area contributed by atoms with E-state index in [2.05, 4.69) is 87.9 Å². The van der Waals surface area contributed by atoms with Crippen LogP contribution in [0.1, 0.15) is 48.8 Å². The largest absolute Gasteiger partial charge is 0.397 e. The first-order valence-electron chi connectivity index (χ1n) is 12.0. The molecule has 0 spiro atoms. The Kier molecular flexibility index (Phi) is 5.93. The van der Waals surface area contributed by atoms with E-state index >= 15 is 0 Å². The van der Waals surface area contributed by atoms with Crippen LogP contribution >= 0.6 is 0 Å². The van der Waals surface area contributed by atoms with E-state index in [0.29, 0.717) is 12.0 Å². The van der Waals surface area contributed by atoms with Gasteiger partial charge in [-0.3, -0.25) is 0 Å². The predicted octanol–water partition coefficient (Wildman–Crippen LogP) is 6.04. The number of hydrogen-bond acceptors (Lipinski definition) is 4. The van der Waals surface area contributed by atoms with Crippen molar-refractivity contribution in [3.05, 3.63) is 83.9 Å². The van der Waals surface area contributed by atoms with Crippen LogP contribution < -0.4 is 20.9 Å². The van der Waals surface area contributed by atoms with E-state index in [4.69, 9.17) is 5.73 Å². The molecule has 5 rings (SSSR count). The lowest BCUT2D eigenvalue weighted by molar-refractivity contribution is 0.505. The van der Waals surface area contributed by atoms with Crippen molar-refractivity contribution in [2.75, 3.05) is 47.5 Å². The molecular weight excluding hydrogens is 392 g/mol. The van der Waals surface area contributed by atoms with Crippen molar-refractivity contribution in [2.45, 2.75) is 37.6 Å². The summed E-state index contributed by atoms with van der Waals surface area (Å²) in [4.78, 5) is 5.08. The molecule has 166 valence electrons. The fraction of sp³-hybridized carbons (Fsp3) is 0.357. The van der Waals surface area contributed by atoms with E-state index in [1.807, 2.05) is 7.05 Å².